The summed E-state index contributed by atoms with van der Waals surface area (Å²) in [6.07, 6.45) is 0.754. The highest BCUT2D eigenvalue weighted by atomic mass is 35.5. The van der Waals surface area contributed by atoms with Crippen LogP contribution in [-0.2, 0) is 9.59 Å². The molecule has 1 aromatic rings. The molecule has 0 aliphatic carbocycles. The zero-order valence-corrected chi connectivity index (χ0v) is 16.4. The van der Waals surface area contributed by atoms with Gasteiger partial charge in [-0.05, 0) is 31.1 Å². The quantitative estimate of drug-likeness (QED) is 0.668. The fourth-order valence-electron chi connectivity index (χ4n) is 2.65. The summed E-state index contributed by atoms with van der Waals surface area (Å²) >= 11 is 6.35. The van der Waals surface area contributed by atoms with Gasteiger partial charge in [0.05, 0.1) is 12.6 Å². The first kappa shape index (κ1) is 21.5. The second-order valence-corrected chi connectivity index (χ2v) is 6.50. The Balaban J connectivity index is 2.68. The molecule has 0 spiro atoms. The van der Waals surface area contributed by atoms with Crippen LogP contribution in [-0.4, -0.2) is 42.9 Å². The molecule has 2 amide bonds. The average Bonchev–Trinajstić information content (AvgIpc) is 2.63. The molecule has 0 saturated carbocycles. The second-order valence-electron chi connectivity index (χ2n) is 6.09. The highest BCUT2D eigenvalue weighted by Gasteiger charge is 2.21. The van der Waals surface area contributed by atoms with Crippen molar-refractivity contribution < 1.29 is 9.59 Å². The molecule has 0 fully saturated rings. The number of likely N-dealkylation sites (N-methyl/N-ethyl adjacent to an activating group) is 1. The van der Waals surface area contributed by atoms with Crippen molar-refractivity contribution in [3.05, 3.63) is 34.9 Å². The maximum absolute atomic E-state index is 12.1. The van der Waals surface area contributed by atoms with Crippen LogP contribution in [0.15, 0.2) is 24.3 Å². The van der Waals surface area contributed by atoms with E-state index in [1.54, 1.807) is 0 Å². The van der Waals surface area contributed by atoms with Gasteiger partial charge in [-0.1, -0.05) is 57.5 Å². The minimum Gasteiger partial charge on any atom is -0.353 e. The summed E-state index contributed by atoms with van der Waals surface area (Å²) in [5, 5.41) is 6.28. The fraction of sp³-hybridized carbons (Fsp3) is 0.579. The van der Waals surface area contributed by atoms with Crippen molar-refractivity contribution in [1.82, 2.24) is 15.5 Å². The van der Waals surface area contributed by atoms with E-state index in [0.29, 0.717) is 11.6 Å². The van der Waals surface area contributed by atoms with Gasteiger partial charge in [-0.2, -0.15) is 0 Å². The van der Waals surface area contributed by atoms with Gasteiger partial charge in [-0.3, -0.25) is 14.5 Å². The molecule has 0 saturated heterocycles. The number of carbonyl (C=O) groups excluding carboxylic acids is 2. The lowest BCUT2D eigenvalue weighted by molar-refractivity contribution is -0.128. The van der Waals surface area contributed by atoms with Gasteiger partial charge < -0.3 is 10.6 Å². The molecule has 5 nitrogen and oxygen atoms in total. The molecule has 0 aliphatic rings. The average molecular weight is 368 g/mol. The summed E-state index contributed by atoms with van der Waals surface area (Å²) in [6.45, 7) is 10.1. The van der Waals surface area contributed by atoms with Crippen LogP contribution in [0.25, 0.3) is 0 Å². The number of hydrogen-bond acceptors (Lipinski definition) is 3. The number of nitrogens with zero attached hydrogens (tertiary/aromatic N) is 1. The van der Waals surface area contributed by atoms with Gasteiger partial charge in [0, 0.05) is 17.5 Å². The molecule has 1 aromatic carbocycles. The molecule has 0 aromatic heterocycles. The number of amides is 2. The Morgan fingerprint density at radius 2 is 1.76 bits per heavy atom. The van der Waals surface area contributed by atoms with Crippen molar-refractivity contribution in [2.24, 2.45) is 5.92 Å². The first-order chi connectivity index (χ1) is 11.9. The maximum Gasteiger partial charge on any atom is 0.239 e. The standard InChI is InChI=1S/C19H30ClN3O2/c1-5-14(4)19(25)22-13-18(24)21-12-17(23(6-2)7-3)15-10-8-9-11-16(15)20/h8-11,14,17H,5-7,12-13H2,1-4H3,(H,21,24)(H,22,25). The summed E-state index contributed by atoms with van der Waals surface area (Å²) in [5.74, 6) is -0.371. The molecule has 25 heavy (non-hydrogen) atoms. The van der Waals surface area contributed by atoms with Crippen LogP contribution < -0.4 is 10.6 Å². The summed E-state index contributed by atoms with van der Waals surface area (Å²) < 4.78 is 0. The van der Waals surface area contributed by atoms with E-state index in [1.165, 1.54) is 0 Å². The van der Waals surface area contributed by atoms with Crippen LogP contribution in [0.4, 0.5) is 0 Å². The molecular weight excluding hydrogens is 338 g/mol. The van der Waals surface area contributed by atoms with E-state index < -0.39 is 0 Å². The Morgan fingerprint density at radius 1 is 1.12 bits per heavy atom. The van der Waals surface area contributed by atoms with Crippen LogP contribution >= 0.6 is 11.6 Å². The fourth-order valence-corrected chi connectivity index (χ4v) is 2.91. The van der Waals surface area contributed by atoms with E-state index in [4.69, 9.17) is 11.6 Å². The van der Waals surface area contributed by atoms with E-state index in [-0.39, 0.29) is 30.3 Å². The smallest absolute Gasteiger partial charge is 0.239 e. The SMILES string of the molecule is CCC(C)C(=O)NCC(=O)NCC(c1ccccc1Cl)N(CC)CC. The van der Waals surface area contributed by atoms with E-state index in [9.17, 15) is 9.59 Å². The van der Waals surface area contributed by atoms with Crippen molar-refractivity contribution in [1.29, 1.82) is 0 Å². The van der Waals surface area contributed by atoms with Crippen molar-refractivity contribution in [3.8, 4) is 0 Å². The van der Waals surface area contributed by atoms with E-state index in [1.807, 2.05) is 38.1 Å². The molecule has 0 radical (unpaired) electrons. The minimum atomic E-state index is -0.194. The monoisotopic (exact) mass is 367 g/mol. The lowest BCUT2D eigenvalue weighted by atomic mass is 10.0. The maximum atomic E-state index is 12.1. The van der Waals surface area contributed by atoms with Crippen molar-refractivity contribution in [3.63, 3.8) is 0 Å². The number of carbonyl (C=O) groups is 2. The normalized spacial score (nSPS) is 13.4. The van der Waals surface area contributed by atoms with Crippen molar-refractivity contribution in [2.45, 2.75) is 40.2 Å². The van der Waals surface area contributed by atoms with E-state index in [0.717, 1.165) is 25.1 Å². The molecule has 140 valence electrons. The first-order valence-electron chi connectivity index (χ1n) is 8.97. The number of benzene rings is 1. The summed E-state index contributed by atoms with van der Waals surface area (Å²) in [5.41, 5.74) is 0.997. The third-order valence-corrected chi connectivity index (χ3v) is 4.84. The molecule has 2 N–H and O–H groups in total. The number of halogens is 1. The van der Waals surface area contributed by atoms with Gasteiger partial charge in [0.25, 0.3) is 0 Å². The zero-order chi connectivity index (χ0) is 18.8. The molecule has 1 rings (SSSR count). The van der Waals surface area contributed by atoms with Gasteiger partial charge >= 0.3 is 0 Å². The molecule has 0 heterocycles. The Kier molecular flexibility index (Phi) is 9.53. The highest BCUT2D eigenvalue weighted by molar-refractivity contribution is 6.31. The molecular formula is C19H30ClN3O2. The van der Waals surface area contributed by atoms with Gasteiger partial charge in [0.1, 0.15) is 0 Å². The molecule has 0 bridgehead atoms. The zero-order valence-electron chi connectivity index (χ0n) is 15.6. The Labute approximate surface area is 156 Å². The second kappa shape index (κ2) is 11.1. The molecule has 6 heteroatoms. The van der Waals surface area contributed by atoms with E-state index >= 15 is 0 Å². The molecule has 2 atom stereocenters. The minimum absolute atomic E-state index is 0.00193. The lowest BCUT2D eigenvalue weighted by Gasteiger charge is -2.31. The summed E-state index contributed by atoms with van der Waals surface area (Å²) in [6, 6.07) is 7.70. The van der Waals surface area contributed by atoms with Crippen LogP contribution in [0, 0.1) is 5.92 Å². The number of nitrogens with one attached hydrogen (secondary N) is 2. The van der Waals surface area contributed by atoms with Crippen LogP contribution in [0.1, 0.15) is 45.7 Å². The predicted molar refractivity (Wildman–Crippen MR) is 103 cm³/mol. The third kappa shape index (κ3) is 6.67. The molecule has 2 unspecified atom stereocenters. The summed E-state index contributed by atoms with van der Waals surface area (Å²) in [7, 11) is 0. The molecule has 0 aliphatic heterocycles. The van der Waals surface area contributed by atoms with Gasteiger partial charge in [-0.25, -0.2) is 0 Å². The summed E-state index contributed by atoms with van der Waals surface area (Å²) in [4.78, 5) is 26.1. The highest BCUT2D eigenvalue weighted by Crippen LogP contribution is 2.26. The largest absolute Gasteiger partial charge is 0.353 e. The lowest BCUT2D eigenvalue weighted by Crippen LogP contribution is -2.43. The predicted octanol–water partition coefficient (Wildman–Crippen LogP) is 3.00. The Morgan fingerprint density at radius 3 is 2.32 bits per heavy atom. The topological polar surface area (TPSA) is 61.4 Å². The number of rotatable bonds is 10. The third-order valence-electron chi connectivity index (χ3n) is 4.49. The van der Waals surface area contributed by atoms with Crippen LogP contribution in [0.2, 0.25) is 5.02 Å². The van der Waals surface area contributed by atoms with Crippen molar-refractivity contribution >= 4 is 23.4 Å². The van der Waals surface area contributed by atoms with Crippen LogP contribution in [0.3, 0.4) is 0 Å². The van der Waals surface area contributed by atoms with Crippen LogP contribution in [0.5, 0.6) is 0 Å². The van der Waals surface area contributed by atoms with Gasteiger partial charge in [0.2, 0.25) is 11.8 Å². The Bertz CT molecular complexity index is 561. The van der Waals surface area contributed by atoms with E-state index in [2.05, 4.69) is 29.4 Å². The Hall–Kier alpha value is -1.59. The number of hydrogen-bond donors (Lipinski definition) is 2. The van der Waals surface area contributed by atoms with Gasteiger partial charge in [0.15, 0.2) is 0 Å². The first-order valence-corrected chi connectivity index (χ1v) is 9.35. The van der Waals surface area contributed by atoms with Gasteiger partial charge in [-0.15, -0.1) is 0 Å². The van der Waals surface area contributed by atoms with Crippen molar-refractivity contribution in [2.75, 3.05) is 26.2 Å².